The first-order valence-electron chi connectivity index (χ1n) is 7.18. The molecule has 7 heteroatoms. The van der Waals surface area contributed by atoms with Crippen molar-refractivity contribution in [3.63, 3.8) is 0 Å². The predicted octanol–water partition coefficient (Wildman–Crippen LogP) is 2.41. The Kier molecular flexibility index (Phi) is 5.47. The average molecular weight is 333 g/mol. The van der Waals surface area contributed by atoms with Crippen molar-refractivity contribution in [2.45, 2.75) is 13.1 Å². The summed E-state index contributed by atoms with van der Waals surface area (Å²) in [5.41, 5.74) is 6.47. The number of amides is 3. The van der Waals surface area contributed by atoms with E-state index in [-0.39, 0.29) is 18.7 Å². The molecule has 2 rings (SSSR count). The minimum Gasteiger partial charge on any atom is -0.366 e. The van der Waals surface area contributed by atoms with Gasteiger partial charge in [0, 0.05) is 37.3 Å². The second-order valence-corrected chi connectivity index (χ2v) is 5.32. The zero-order valence-corrected chi connectivity index (χ0v) is 13.1. The molecular weight excluding hydrogens is 316 g/mol. The molecule has 0 aliphatic heterocycles. The number of carbonyl (C=O) groups is 2. The Hall–Kier alpha value is -2.96. The summed E-state index contributed by atoms with van der Waals surface area (Å²) >= 11 is 0. The number of nitrogens with one attached hydrogen (secondary N) is 1. The first-order valence-corrected chi connectivity index (χ1v) is 7.18. The van der Waals surface area contributed by atoms with E-state index in [0.29, 0.717) is 11.1 Å². The summed E-state index contributed by atoms with van der Waals surface area (Å²) in [6.07, 6.45) is 0. The number of halogens is 2. The number of benzene rings is 2. The molecule has 0 saturated heterocycles. The van der Waals surface area contributed by atoms with Crippen LogP contribution in [0.25, 0.3) is 0 Å². The lowest BCUT2D eigenvalue weighted by atomic mass is 10.1. The van der Waals surface area contributed by atoms with Crippen molar-refractivity contribution in [1.29, 1.82) is 0 Å². The van der Waals surface area contributed by atoms with Crippen LogP contribution in [0, 0.1) is 11.6 Å². The van der Waals surface area contributed by atoms with Crippen LogP contribution in [0.2, 0.25) is 0 Å². The summed E-state index contributed by atoms with van der Waals surface area (Å²) in [6.45, 7) is 0.190. The molecule has 0 radical (unpaired) electrons. The van der Waals surface area contributed by atoms with Crippen LogP contribution in [0.3, 0.4) is 0 Å². The molecule has 0 aromatic heterocycles. The molecule has 2 aromatic carbocycles. The van der Waals surface area contributed by atoms with Gasteiger partial charge in [-0.2, -0.15) is 0 Å². The van der Waals surface area contributed by atoms with Gasteiger partial charge in [-0.15, -0.1) is 0 Å². The van der Waals surface area contributed by atoms with E-state index < -0.39 is 23.6 Å². The molecular formula is C17H17F2N3O2. The van der Waals surface area contributed by atoms with Crippen LogP contribution in [0.1, 0.15) is 21.5 Å². The standard InChI is InChI=1S/C17H17F2N3O2/c1-22(10-13-5-6-14(18)8-15(13)19)17(24)21-9-11-3-2-4-12(7-11)16(20)23/h2-8H,9-10H2,1H3,(H2,20,23)(H,21,24). The number of urea groups is 1. The number of nitrogens with two attached hydrogens (primary N) is 1. The Balaban J connectivity index is 1.94. The SMILES string of the molecule is CN(Cc1ccc(F)cc1F)C(=O)NCc1cccc(C(N)=O)c1. The van der Waals surface area contributed by atoms with Crippen molar-refractivity contribution < 1.29 is 18.4 Å². The number of hydrogen-bond acceptors (Lipinski definition) is 2. The average Bonchev–Trinajstić information content (AvgIpc) is 2.55. The van der Waals surface area contributed by atoms with Crippen molar-refractivity contribution in [3.05, 3.63) is 70.8 Å². The van der Waals surface area contributed by atoms with Gasteiger partial charge in [-0.05, 0) is 23.8 Å². The Morgan fingerprint density at radius 2 is 1.92 bits per heavy atom. The monoisotopic (exact) mass is 333 g/mol. The van der Waals surface area contributed by atoms with E-state index in [9.17, 15) is 18.4 Å². The molecule has 5 nitrogen and oxygen atoms in total. The highest BCUT2D eigenvalue weighted by atomic mass is 19.1. The summed E-state index contributed by atoms with van der Waals surface area (Å²) in [6, 6.07) is 9.36. The number of nitrogens with zero attached hydrogens (tertiary/aromatic N) is 1. The lowest BCUT2D eigenvalue weighted by Gasteiger charge is -2.18. The molecule has 0 unspecified atom stereocenters. The molecule has 0 aliphatic rings. The minimum atomic E-state index is -0.705. The fraction of sp³-hybridized carbons (Fsp3) is 0.176. The number of carbonyl (C=O) groups excluding carboxylic acids is 2. The van der Waals surface area contributed by atoms with Crippen molar-refractivity contribution in [3.8, 4) is 0 Å². The van der Waals surface area contributed by atoms with E-state index in [2.05, 4.69) is 5.32 Å². The maximum absolute atomic E-state index is 13.6. The molecule has 3 amide bonds. The molecule has 0 saturated carbocycles. The van der Waals surface area contributed by atoms with Gasteiger partial charge in [0.15, 0.2) is 0 Å². The second-order valence-electron chi connectivity index (χ2n) is 5.32. The molecule has 126 valence electrons. The summed E-state index contributed by atoms with van der Waals surface area (Å²) in [7, 11) is 1.50. The molecule has 0 aliphatic carbocycles. The molecule has 0 heterocycles. The van der Waals surface area contributed by atoms with Crippen molar-refractivity contribution >= 4 is 11.9 Å². The van der Waals surface area contributed by atoms with Crippen molar-refractivity contribution in [2.24, 2.45) is 5.73 Å². The van der Waals surface area contributed by atoms with Gasteiger partial charge in [0.05, 0.1) is 0 Å². The predicted molar refractivity (Wildman–Crippen MR) is 85.0 cm³/mol. The Morgan fingerprint density at radius 3 is 2.58 bits per heavy atom. The highest BCUT2D eigenvalue weighted by Crippen LogP contribution is 2.12. The van der Waals surface area contributed by atoms with Crippen LogP contribution in [-0.2, 0) is 13.1 Å². The molecule has 0 atom stereocenters. The number of rotatable bonds is 5. The Morgan fingerprint density at radius 1 is 1.17 bits per heavy atom. The van der Waals surface area contributed by atoms with E-state index in [4.69, 9.17) is 5.73 Å². The van der Waals surface area contributed by atoms with Crippen LogP contribution in [0.4, 0.5) is 13.6 Å². The fourth-order valence-electron chi connectivity index (χ4n) is 2.12. The van der Waals surface area contributed by atoms with Gasteiger partial charge >= 0.3 is 6.03 Å². The van der Waals surface area contributed by atoms with Crippen LogP contribution in [-0.4, -0.2) is 23.9 Å². The third-order valence-electron chi connectivity index (χ3n) is 3.42. The summed E-state index contributed by atoms with van der Waals surface area (Å²) in [5, 5.41) is 2.65. The van der Waals surface area contributed by atoms with E-state index in [1.807, 2.05) is 0 Å². The Bertz CT molecular complexity index is 765. The van der Waals surface area contributed by atoms with Gasteiger partial charge in [-0.25, -0.2) is 13.6 Å². The molecule has 0 fully saturated rings. The van der Waals surface area contributed by atoms with Gasteiger partial charge in [-0.3, -0.25) is 4.79 Å². The molecule has 3 N–H and O–H groups in total. The van der Waals surface area contributed by atoms with E-state index in [1.165, 1.54) is 18.0 Å². The van der Waals surface area contributed by atoms with Crippen LogP contribution >= 0.6 is 0 Å². The van der Waals surface area contributed by atoms with Gasteiger partial charge in [0.2, 0.25) is 5.91 Å². The van der Waals surface area contributed by atoms with Gasteiger partial charge < -0.3 is 16.0 Å². The number of primary amides is 1. The smallest absolute Gasteiger partial charge is 0.317 e. The topological polar surface area (TPSA) is 75.4 Å². The van der Waals surface area contributed by atoms with Crippen molar-refractivity contribution in [1.82, 2.24) is 10.2 Å². The van der Waals surface area contributed by atoms with Gasteiger partial charge in [0.1, 0.15) is 11.6 Å². The maximum atomic E-state index is 13.6. The summed E-state index contributed by atoms with van der Waals surface area (Å²) < 4.78 is 26.5. The fourth-order valence-corrected chi connectivity index (χ4v) is 2.12. The van der Waals surface area contributed by atoms with E-state index in [0.717, 1.165) is 12.1 Å². The lowest BCUT2D eigenvalue weighted by Crippen LogP contribution is -2.36. The molecule has 0 spiro atoms. The zero-order chi connectivity index (χ0) is 17.7. The van der Waals surface area contributed by atoms with Crippen LogP contribution < -0.4 is 11.1 Å². The third kappa shape index (κ3) is 4.52. The van der Waals surface area contributed by atoms with Crippen LogP contribution in [0.15, 0.2) is 42.5 Å². The molecule has 24 heavy (non-hydrogen) atoms. The highest BCUT2D eigenvalue weighted by molar-refractivity contribution is 5.92. The quantitative estimate of drug-likeness (QED) is 0.882. The van der Waals surface area contributed by atoms with Gasteiger partial charge in [0.25, 0.3) is 0 Å². The molecule has 2 aromatic rings. The summed E-state index contributed by atoms with van der Waals surface area (Å²) in [5.74, 6) is -1.92. The third-order valence-corrected chi connectivity index (χ3v) is 3.42. The first kappa shape index (κ1) is 17.4. The second kappa shape index (κ2) is 7.54. The van der Waals surface area contributed by atoms with Gasteiger partial charge in [-0.1, -0.05) is 18.2 Å². The van der Waals surface area contributed by atoms with Crippen LogP contribution in [0.5, 0.6) is 0 Å². The first-order chi connectivity index (χ1) is 11.4. The van der Waals surface area contributed by atoms with E-state index in [1.54, 1.807) is 24.3 Å². The summed E-state index contributed by atoms with van der Waals surface area (Å²) in [4.78, 5) is 24.4. The number of hydrogen-bond donors (Lipinski definition) is 2. The molecule has 0 bridgehead atoms. The van der Waals surface area contributed by atoms with E-state index >= 15 is 0 Å². The minimum absolute atomic E-state index is 0.000722. The highest BCUT2D eigenvalue weighted by Gasteiger charge is 2.12. The lowest BCUT2D eigenvalue weighted by molar-refractivity contribution is 0.1000. The normalized spacial score (nSPS) is 10.3. The largest absolute Gasteiger partial charge is 0.366 e. The maximum Gasteiger partial charge on any atom is 0.317 e. The van der Waals surface area contributed by atoms with Crippen molar-refractivity contribution in [2.75, 3.05) is 7.05 Å². The zero-order valence-electron chi connectivity index (χ0n) is 13.1. The Labute approximate surface area is 138 Å².